The fraction of sp³-hybridized carbons (Fsp3) is 0.143. The zero-order valence-electron chi connectivity index (χ0n) is 7.40. The van der Waals surface area contributed by atoms with Gasteiger partial charge in [-0.15, -0.1) is 0 Å². The number of nitrogens with zero attached hydrogens (tertiary/aromatic N) is 2. The summed E-state index contributed by atoms with van der Waals surface area (Å²) >= 11 is 0. The van der Waals surface area contributed by atoms with Gasteiger partial charge in [0.1, 0.15) is 5.65 Å². The molecule has 0 aliphatic heterocycles. The van der Waals surface area contributed by atoms with Crippen LogP contribution in [0.1, 0.15) is 5.56 Å². The Labute approximate surface area is 95.7 Å². The van der Waals surface area contributed by atoms with Crippen molar-refractivity contribution in [1.29, 1.82) is 0 Å². The number of aromatic hydroxyl groups is 1. The van der Waals surface area contributed by atoms with Crippen molar-refractivity contribution < 1.29 is 5.11 Å². The molecule has 0 aromatic carbocycles. The number of hydrogen-bond acceptors (Lipinski definition) is 3. The molecule has 6 heteroatoms. The molecule has 0 aliphatic rings. The Balaban J connectivity index is 0.000000845. The maximum Gasteiger partial charge on any atom is 0.257 e. The van der Waals surface area contributed by atoms with E-state index in [9.17, 15) is 9.90 Å². The van der Waals surface area contributed by atoms with Gasteiger partial charge < -0.3 is 10.1 Å². The van der Waals surface area contributed by atoms with E-state index in [1.807, 2.05) is 0 Å². The van der Waals surface area contributed by atoms with Crippen LogP contribution >= 0.6 is 0 Å². The Kier molecular flexibility index (Phi) is 2.80. The number of hydrogen-bond donors (Lipinski definition) is 2. The van der Waals surface area contributed by atoms with Gasteiger partial charge in [-0.3, -0.25) is 4.79 Å². The number of fused-ring (bicyclic) bond motifs is 1. The summed E-state index contributed by atoms with van der Waals surface area (Å²) in [6.45, 7) is 1.54. The van der Waals surface area contributed by atoms with Crippen LogP contribution < -0.4 is 5.56 Å². The second-order valence-electron chi connectivity index (χ2n) is 2.53. The Morgan fingerprint density at radius 3 is 3.00 bits per heavy atom. The molecule has 13 heavy (non-hydrogen) atoms. The van der Waals surface area contributed by atoms with Crippen LogP contribution in [0.2, 0.25) is 0 Å². The van der Waals surface area contributed by atoms with E-state index < -0.39 is 0 Å². The monoisotopic (exact) mass is 188 g/mol. The maximum absolute atomic E-state index is 11.1. The van der Waals surface area contributed by atoms with Crippen molar-refractivity contribution in [2.24, 2.45) is 0 Å². The van der Waals surface area contributed by atoms with Crippen molar-refractivity contribution in [3.05, 3.63) is 28.2 Å². The first-order chi connectivity index (χ1) is 5.70. The van der Waals surface area contributed by atoms with E-state index in [-0.39, 0.29) is 46.6 Å². The molecule has 63 valence electrons. The van der Waals surface area contributed by atoms with E-state index in [1.165, 1.54) is 17.6 Å². The molecule has 2 aromatic rings. The van der Waals surface area contributed by atoms with Gasteiger partial charge in [0.15, 0.2) is 0 Å². The van der Waals surface area contributed by atoms with Gasteiger partial charge >= 0.3 is 0 Å². The van der Waals surface area contributed by atoms with Crippen LogP contribution in [0.15, 0.2) is 17.1 Å². The van der Waals surface area contributed by atoms with Gasteiger partial charge in [0.05, 0.1) is 11.8 Å². The Morgan fingerprint density at radius 2 is 2.31 bits per heavy atom. The molecule has 0 spiro atoms. The molecule has 2 heterocycles. The van der Waals surface area contributed by atoms with Gasteiger partial charge in [0, 0.05) is 35.6 Å². The smallest absolute Gasteiger partial charge is 0.257 e. The summed E-state index contributed by atoms with van der Waals surface area (Å²) in [6, 6.07) is 1.61. The molecule has 0 unspecified atom stereocenters. The van der Waals surface area contributed by atoms with E-state index in [4.69, 9.17) is 0 Å². The average Bonchev–Trinajstić information content (AvgIpc) is 2.48. The van der Waals surface area contributed by atoms with Crippen LogP contribution in [0.4, 0.5) is 0 Å². The number of H-pyrrole nitrogens is 1. The van der Waals surface area contributed by atoms with Gasteiger partial charge in [0.2, 0.25) is 5.88 Å². The van der Waals surface area contributed by atoms with Crippen LogP contribution in [-0.2, 0) is 0 Å². The predicted molar refractivity (Wildman–Crippen MR) is 48.0 cm³/mol. The number of aromatic amines is 1. The summed E-state index contributed by atoms with van der Waals surface area (Å²) in [5.41, 5.74) is 0.467. The fourth-order valence-electron chi connectivity index (χ4n) is 1.04. The van der Waals surface area contributed by atoms with E-state index >= 15 is 0 Å². The van der Waals surface area contributed by atoms with Crippen molar-refractivity contribution in [1.82, 2.24) is 14.6 Å². The van der Waals surface area contributed by atoms with Crippen LogP contribution in [-0.4, -0.2) is 49.3 Å². The molecule has 0 saturated carbocycles. The third-order valence-electron chi connectivity index (χ3n) is 1.76. The first kappa shape index (κ1) is 10.3. The number of nitrogens with one attached hydrogen (secondary N) is 1. The van der Waals surface area contributed by atoms with Gasteiger partial charge in [-0.25, -0.2) is 0 Å². The molecular formula is C7H7N3NaO2. The number of aromatic nitrogens is 3. The topological polar surface area (TPSA) is 70.4 Å². The molecule has 0 aliphatic carbocycles. The van der Waals surface area contributed by atoms with Crippen molar-refractivity contribution in [3.8, 4) is 5.88 Å². The zero-order chi connectivity index (χ0) is 8.72. The van der Waals surface area contributed by atoms with Gasteiger partial charge in [-0.2, -0.15) is 9.61 Å². The van der Waals surface area contributed by atoms with Crippen molar-refractivity contribution in [3.63, 3.8) is 0 Å². The van der Waals surface area contributed by atoms with Gasteiger partial charge in [-0.05, 0) is 6.92 Å². The van der Waals surface area contributed by atoms with Crippen molar-refractivity contribution in [2.75, 3.05) is 0 Å². The Hall–Kier alpha value is -0.780. The van der Waals surface area contributed by atoms with Crippen molar-refractivity contribution in [2.45, 2.75) is 6.92 Å². The third-order valence-corrected chi connectivity index (χ3v) is 1.76. The quantitative estimate of drug-likeness (QED) is 0.555. The molecule has 1 radical (unpaired) electrons. The minimum atomic E-state index is -0.291. The Morgan fingerprint density at radius 1 is 1.62 bits per heavy atom. The minimum absolute atomic E-state index is 0. The van der Waals surface area contributed by atoms with Gasteiger partial charge in [-0.1, -0.05) is 0 Å². The molecule has 2 rings (SSSR count). The van der Waals surface area contributed by atoms with E-state index in [0.717, 1.165) is 0 Å². The van der Waals surface area contributed by atoms with Crippen LogP contribution in [0.25, 0.3) is 5.65 Å². The molecule has 5 nitrogen and oxygen atoms in total. The summed E-state index contributed by atoms with van der Waals surface area (Å²) in [7, 11) is 0. The maximum atomic E-state index is 11.1. The molecule has 0 fully saturated rings. The molecule has 2 aromatic heterocycles. The molecule has 0 amide bonds. The normalized spacial score (nSPS) is 9.92. The molecule has 0 saturated heterocycles. The fourth-order valence-corrected chi connectivity index (χ4v) is 1.04. The predicted octanol–water partition coefficient (Wildman–Crippen LogP) is -0.344. The second kappa shape index (κ2) is 3.53. The summed E-state index contributed by atoms with van der Waals surface area (Å²) < 4.78 is 1.27. The second-order valence-corrected chi connectivity index (χ2v) is 2.53. The summed E-state index contributed by atoms with van der Waals surface area (Å²) in [6.07, 6.45) is 1.50. The van der Waals surface area contributed by atoms with E-state index in [2.05, 4.69) is 10.1 Å². The van der Waals surface area contributed by atoms with Crippen molar-refractivity contribution >= 4 is 35.2 Å². The van der Waals surface area contributed by atoms with Crippen LogP contribution in [0, 0.1) is 6.92 Å². The molecule has 0 atom stereocenters. The zero-order valence-corrected chi connectivity index (χ0v) is 9.40. The van der Waals surface area contributed by atoms with Crippen LogP contribution in [0.5, 0.6) is 5.88 Å². The van der Waals surface area contributed by atoms with Crippen LogP contribution in [0.3, 0.4) is 0 Å². The summed E-state index contributed by atoms with van der Waals surface area (Å²) in [4.78, 5) is 13.7. The first-order valence-corrected chi connectivity index (χ1v) is 3.46. The third kappa shape index (κ3) is 1.50. The average molecular weight is 188 g/mol. The van der Waals surface area contributed by atoms with E-state index in [0.29, 0.717) is 5.65 Å². The SMILES string of the molecule is Cc1c(O)n2nccc2[nH]c1=O.[Na]. The van der Waals surface area contributed by atoms with Gasteiger partial charge in [0.25, 0.3) is 5.56 Å². The first-order valence-electron chi connectivity index (χ1n) is 3.46. The molecule has 0 bridgehead atoms. The number of rotatable bonds is 0. The van der Waals surface area contributed by atoms with E-state index in [1.54, 1.807) is 6.07 Å². The standard InChI is InChI=1S/C7H7N3O2.Na/c1-4-6(11)9-5-2-3-8-10(5)7(4)12;/h2-3,12H,1H3,(H,9,11);. The minimum Gasteiger partial charge on any atom is -0.493 e. The molecule has 2 N–H and O–H groups in total. The molecular weight excluding hydrogens is 181 g/mol. The summed E-state index contributed by atoms with van der Waals surface area (Å²) in [5.74, 6) is -0.112. The Bertz CT molecular complexity index is 488. The largest absolute Gasteiger partial charge is 0.493 e. The summed E-state index contributed by atoms with van der Waals surface area (Å²) in [5, 5.41) is 13.2.